The molecule has 0 unspecified atom stereocenters. The average molecular weight is 367 g/mol. The maximum Gasteiger partial charge on any atom is 0.305 e. The fraction of sp³-hybridized carbons (Fsp3) is 0.250. The molecule has 2 heterocycles. The van der Waals surface area contributed by atoms with Crippen LogP contribution in [-0.2, 0) is 9.53 Å². The Balaban J connectivity index is 1.75. The molecule has 140 valence electrons. The van der Waals surface area contributed by atoms with E-state index in [1.165, 1.54) is 0 Å². The quantitative estimate of drug-likeness (QED) is 0.488. The minimum atomic E-state index is -0.270. The topological polar surface area (TPSA) is 86.4 Å². The van der Waals surface area contributed by atoms with Crippen LogP contribution in [0.25, 0.3) is 17.1 Å². The first-order valence-corrected chi connectivity index (χ1v) is 8.82. The summed E-state index contributed by atoms with van der Waals surface area (Å²) in [4.78, 5) is 24.0. The molecule has 3 rings (SSSR count). The second-order valence-electron chi connectivity index (χ2n) is 5.80. The van der Waals surface area contributed by atoms with E-state index in [1.807, 2.05) is 30.3 Å². The SMILES string of the molecule is CCOC(=O)CCCNC(=O)c1cc(-c2ccco2)nn1-c1ccccc1. The number of para-hydroxylation sites is 1. The molecular formula is C20H21N3O4. The van der Waals surface area contributed by atoms with Crippen LogP contribution in [0.5, 0.6) is 0 Å². The van der Waals surface area contributed by atoms with Crippen molar-refractivity contribution in [1.29, 1.82) is 0 Å². The van der Waals surface area contributed by atoms with Crippen molar-refractivity contribution in [2.75, 3.05) is 13.2 Å². The van der Waals surface area contributed by atoms with Gasteiger partial charge in [-0.05, 0) is 37.6 Å². The molecule has 1 N–H and O–H groups in total. The molecule has 0 radical (unpaired) electrons. The molecule has 0 saturated heterocycles. The van der Waals surface area contributed by atoms with Crippen molar-refractivity contribution in [3.8, 4) is 17.1 Å². The number of esters is 1. The third kappa shape index (κ3) is 4.63. The van der Waals surface area contributed by atoms with E-state index in [0.717, 1.165) is 5.69 Å². The third-order valence-corrected chi connectivity index (χ3v) is 3.86. The number of hydrogen-bond donors (Lipinski definition) is 1. The minimum absolute atomic E-state index is 0.263. The first kappa shape index (κ1) is 18.4. The summed E-state index contributed by atoms with van der Waals surface area (Å²) in [5, 5.41) is 7.34. The van der Waals surface area contributed by atoms with Gasteiger partial charge in [0, 0.05) is 19.0 Å². The van der Waals surface area contributed by atoms with Gasteiger partial charge in [0.2, 0.25) is 0 Å². The largest absolute Gasteiger partial charge is 0.466 e. The highest BCUT2D eigenvalue weighted by atomic mass is 16.5. The van der Waals surface area contributed by atoms with Gasteiger partial charge in [-0.2, -0.15) is 5.10 Å². The van der Waals surface area contributed by atoms with Gasteiger partial charge in [0.1, 0.15) is 11.4 Å². The number of nitrogens with one attached hydrogen (secondary N) is 1. The van der Waals surface area contributed by atoms with Crippen LogP contribution in [0, 0.1) is 0 Å². The van der Waals surface area contributed by atoms with Gasteiger partial charge in [0.15, 0.2) is 5.76 Å². The Morgan fingerprint density at radius 3 is 2.70 bits per heavy atom. The lowest BCUT2D eigenvalue weighted by molar-refractivity contribution is -0.143. The highest BCUT2D eigenvalue weighted by Gasteiger charge is 2.18. The zero-order valence-electron chi connectivity index (χ0n) is 15.1. The second-order valence-corrected chi connectivity index (χ2v) is 5.80. The van der Waals surface area contributed by atoms with Crippen molar-refractivity contribution >= 4 is 11.9 Å². The second kappa shape index (κ2) is 8.84. The molecule has 0 atom stereocenters. The maximum absolute atomic E-state index is 12.7. The molecule has 0 fully saturated rings. The number of carbonyl (C=O) groups excluding carboxylic acids is 2. The molecule has 27 heavy (non-hydrogen) atoms. The summed E-state index contributed by atoms with van der Waals surface area (Å²) < 4.78 is 11.9. The molecule has 0 aliphatic carbocycles. The van der Waals surface area contributed by atoms with Crippen molar-refractivity contribution in [3.63, 3.8) is 0 Å². The van der Waals surface area contributed by atoms with Crippen molar-refractivity contribution in [3.05, 3.63) is 60.5 Å². The van der Waals surface area contributed by atoms with Crippen LogP contribution in [0.3, 0.4) is 0 Å². The van der Waals surface area contributed by atoms with E-state index >= 15 is 0 Å². The molecule has 3 aromatic rings. The molecule has 0 bridgehead atoms. The Morgan fingerprint density at radius 1 is 1.19 bits per heavy atom. The molecule has 0 saturated carbocycles. The number of rotatable bonds is 8. The van der Waals surface area contributed by atoms with Crippen LogP contribution in [0.15, 0.2) is 59.2 Å². The molecule has 1 amide bonds. The smallest absolute Gasteiger partial charge is 0.305 e. The summed E-state index contributed by atoms with van der Waals surface area (Å²) >= 11 is 0. The first-order chi connectivity index (χ1) is 13.2. The Bertz CT molecular complexity index is 885. The van der Waals surface area contributed by atoms with Crippen molar-refractivity contribution in [1.82, 2.24) is 15.1 Å². The van der Waals surface area contributed by atoms with Gasteiger partial charge in [-0.1, -0.05) is 18.2 Å². The van der Waals surface area contributed by atoms with Crippen LogP contribution in [-0.4, -0.2) is 34.8 Å². The first-order valence-electron chi connectivity index (χ1n) is 8.82. The van der Waals surface area contributed by atoms with E-state index in [-0.39, 0.29) is 18.3 Å². The predicted octanol–water partition coefficient (Wildman–Crippen LogP) is 3.21. The van der Waals surface area contributed by atoms with Gasteiger partial charge >= 0.3 is 5.97 Å². The van der Waals surface area contributed by atoms with E-state index in [0.29, 0.717) is 36.7 Å². The maximum atomic E-state index is 12.7. The monoisotopic (exact) mass is 367 g/mol. The standard InChI is InChI=1S/C20H21N3O4/c1-2-26-19(24)11-6-12-21-20(25)17-14-16(18-10-7-13-27-18)22-23(17)15-8-4-3-5-9-15/h3-5,7-10,13-14H,2,6,11-12H2,1H3,(H,21,25). The van der Waals surface area contributed by atoms with Gasteiger partial charge in [-0.3, -0.25) is 9.59 Å². The van der Waals surface area contributed by atoms with Gasteiger partial charge in [0.05, 0.1) is 18.6 Å². The van der Waals surface area contributed by atoms with Crippen LogP contribution >= 0.6 is 0 Å². The number of aromatic nitrogens is 2. The zero-order valence-corrected chi connectivity index (χ0v) is 15.1. The average Bonchev–Trinajstić information content (AvgIpc) is 3.35. The molecule has 2 aromatic heterocycles. The summed E-state index contributed by atoms with van der Waals surface area (Å²) in [6, 6.07) is 14.6. The Kier molecular flexibility index (Phi) is 6.04. The Morgan fingerprint density at radius 2 is 2.00 bits per heavy atom. The predicted molar refractivity (Wildman–Crippen MR) is 99.5 cm³/mol. The molecule has 0 aliphatic rings. The minimum Gasteiger partial charge on any atom is -0.466 e. The van der Waals surface area contributed by atoms with Crippen LogP contribution in [0.1, 0.15) is 30.3 Å². The fourth-order valence-corrected chi connectivity index (χ4v) is 2.61. The van der Waals surface area contributed by atoms with Crippen molar-refractivity contribution in [2.45, 2.75) is 19.8 Å². The lowest BCUT2D eigenvalue weighted by Gasteiger charge is -2.08. The zero-order chi connectivity index (χ0) is 19.1. The van der Waals surface area contributed by atoms with Crippen molar-refractivity contribution < 1.29 is 18.7 Å². The van der Waals surface area contributed by atoms with Gasteiger partial charge < -0.3 is 14.5 Å². The number of carbonyl (C=O) groups is 2. The Labute approximate surface area is 156 Å². The molecular weight excluding hydrogens is 346 g/mol. The molecule has 7 nitrogen and oxygen atoms in total. The van der Waals surface area contributed by atoms with Crippen molar-refractivity contribution in [2.24, 2.45) is 0 Å². The lowest BCUT2D eigenvalue weighted by Crippen LogP contribution is -2.27. The molecule has 1 aromatic carbocycles. The molecule has 0 spiro atoms. The summed E-state index contributed by atoms with van der Waals surface area (Å²) in [5.74, 6) is 0.0512. The number of furan rings is 1. The van der Waals surface area contributed by atoms with E-state index in [9.17, 15) is 9.59 Å². The number of ether oxygens (including phenoxy) is 1. The summed E-state index contributed by atoms with van der Waals surface area (Å²) in [6.07, 6.45) is 2.34. The number of amides is 1. The van der Waals surface area contributed by atoms with E-state index in [2.05, 4.69) is 10.4 Å². The van der Waals surface area contributed by atoms with Gasteiger partial charge in [0.25, 0.3) is 5.91 Å². The van der Waals surface area contributed by atoms with Gasteiger partial charge in [-0.25, -0.2) is 4.68 Å². The highest BCUT2D eigenvalue weighted by Crippen LogP contribution is 2.22. The Hall–Kier alpha value is -3.35. The number of hydrogen-bond acceptors (Lipinski definition) is 5. The summed E-state index contributed by atoms with van der Waals surface area (Å²) in [5.41, 5.74) is 1.73. The number of benzene rings is 1. The van der Waals surface area contributed by atoms with Crippen LogP contribution in [0.4, 0.5) is 0 Å². The third-order valence-electron chi connectivity index (χ3n) is 3.86. The van der Waals surface area contributed by atoms with E-state index < -0.39 is 0 Å². The van der Waals surface area contributed by atoms with Gasteiger partial charge in [-0.15, -0.1) is 0 Å². The molecule has 0 aliphatic heterocycles. The van der Waals surface area contributed by atoms with E-state index in [4.69, 9.17) is 9.15 Å². The summed E-state index contributed by atoms with van der Waals surface area (Å²) in [7, 11) is 0. The number of nitrogens with zero attached hydrogens (tertiary/aromatic N) is 2. The fourth-order valence-electron chi connectivity index (χ4n) is 2.61. The highest BCUT2D eigenvalue weighted by molar-refractivity contribution is 5.94. The lowest BCUT2D eigenvalue weighted by atomic mass is 10.2. The molecule has 7 heteroatoms. The normalized spacial score (nSPS) is 10.6. The van der Waals surface area contributed by atoms with Crippen LogP contribution in [0.2, 0.25) is 0 Å². The van der Waals surface area contributed by atoms with E-state index in [1.54, 1.807) is 36.1 Å². The summed E-state index contributed by atoms with van der Waals surface area (Å²) in [6.45, 7) is 2.49. The van der Waals surface area contributed by atoms with Crippen LogP contribution < -0.4 is 5.32 Å².